The highest BCUT2D eigenvalue weighted by atomic mass is 16.5. The van der Waals surface area contributed by atoms with Gasteiger partial charge >= 0.3 is 0 Å². The summed E-state index contributed by atoms with van der Waals surface area (Å²) in [5.41, 5.74) is 1.96. The second-order valence-electron chi connectivity index (χ2n) is 9.78. The first kappa shape index (κ1) is 29.3. The largest absolute Gasteiger partial charge is 0.497 e. The summed E-state index contributed by atoms with van der Waals surface area (Å²) in [5.74, 6) is 2.05. The fraction of sp³-hybridized carbons (Fsp3) is 0.548. The van der Waals surface area contributed by atoms with Gasteiger partial charge in [-0.15, -0.1) is 0 Å². The molecule has 3 rings (SSSR count). The zero-order valence-corrected chi connectivity index (χ0v) is 23.5. The van der Waals surface area contributed by atoms with Gasteiger partial charge in [-0.2, -0.15) is 0 Å². The molecule has 7 nitrogen and oxygen atoms in total. The molecule has 0 spiro atoms. The number of nitrogens with one attached hydrogen (secondary N) is 1. The quantitative estimate of drug-likeness (QED) is 0.344. The molecule has 1 aliphatic rings. The zero-order chi connectivity index (χ0) is 27.3. The van der Waals surface area contributed by atoms with E-state index in [4.69, 9.17) is 14.2 Å². The standard InChI is InChI=1S/C31H44N2O5/c1-5-27(31(35)32-25-11-9-8-10-12-25)33(22-24-13-17-26(36-4)18-14-24)30(34)20-16-23-15-19-28(37-6-2)29(21-23)38-7-3/h13-15,17-19,21,25,27H,5-12,16,20,22H2,1-4H3,(H,32,35). The lowest BCUT2D eigenvalue weighted by molar-refractivity contribution is -0.141. The van der Waals surface area contributed by atoms with E-state index in [1.54, 1.807) is 12.0 Å². The van der Waals surface area contributed by atoms with E-state index in [9.17, 15) is 9.59 Å². The van der Waals surface area contributed by atoms with Gasteiger partial charge in [0.25, 0.3) is 0 Å². The SMILES string of the molecule is CCOc1ccc(CCC(=O)N(Cc2ccc(OC)cc2)C(CC)C(=O)NC2CCCCC2)cc1OCC. The van der Waals surface area contributed by atoms with Gasteiger partial charge in [-0.1, -0.05) is 44.4 Å². The number of benzene rings is 2. The third-order valence-electron chi connectivity index (χ3n) is 7.08. The van der Waals surface area contributed by atoms with Crippen molar-refractivity contribution in [2.45, 2.75) is 90.8 Å². The highest BCUT2D eigenvalue weighted by Gasteiger charge is 2.30. The van der Waals surface area contributed by atoms with Crippen LogP contribution in [0, 0.1) is 0 Å². The van der Waals surface area contributed by atoms with E-state index in [1.165, 1.54) is 6.42 Å². The molecule has 2 amide bonds. The number of carbonyl (C=O) groups excluding carboxylic acids is 2. The normalized spacial score (nSPS) is 14.4. The Morgan fingerprint density at radius 2 is 1.58 bits per heavy atom. The zero-order valence-electron chi connectivity index (χ0n) is 23.5. The second kappa shape index (κ2) is 15.3. The molecule has 7 heteroatoms. The Labute approximate surface area is 227 Å². The average Bonchev–Trinajstić information content (AvgIpc) is 2.94. The number of ether oxygens (including phenoxy) is 3. The van der Waals surface area contributed by atoms with Crippen LogP contribution < -0.4 is 19.5 Å². The van der Waals surface area contributed by atoms with Crippen molar-refractivity contribution < 1.29 is 23.8 Å². The highest BCUT2D eigenvalue weighted by molar-refractivity contribution is 5.88. The van der Waals surface area contributed by atoms with Crippen molar-refractivity contribution in [2.75, 3.05) is 20.3 Å². The minimum absolute atomic E-state index is 0.0432. The molecule has 0 aromatic heterocycles. The predicted molar refractivity (Wildman–Crippen MR) is 150 cm³/mol. The molecule has 208 valence electrons. The molecule has 0 heterocycles. The third-order valence-corrected chi connectivity index (χ3v) is 7.08. The Bertz CT molecular complexity index is 1020. The van der Waals surface area contributed by atoms with Gasteiger partial charge < -0.3 is 24.4 Å². The average molecular weight is 525 g/mol. The molecule has 1 unspecified atom stereocenters. The molecule has 1 saturated carbocycles. The van der Waals surface area contributed by atoms with Crippen molar-refractivity contribution >= 4 is 11.8 Å². The molecule has 0 bridgehead atoms. The summed E-state index contributed by atoms with van der Waals surface area (Å²) in [6.45, 7) is 7.31. The molecule has 1 N–H and O–H groups in total. The van der Waals surface area contributed by atoms with E-state index in [0.717, 1.165) is 42.6 Å². The lowest BCUT2D eigenvalue weighted by Gasteiger charge is -2.33. The van der Waals surface area contributed by atoms with Crippen LogP contribution in [0.1, 0.15) is 76.8 Å². The van der Waals surface area contributed by atoms with E-state index >= 15 is 0 Å². The molecule has 1 fully saturated rings. The van der Waals surface area contributed by atoms with Gasteiger partial charge in [0.1, 0.15) is 11.8 Å². The summed E-state index contributed by atoms with van der Waals surface area (Å²) in [4.78, 5) is 28.8. The van der Waals surface area contributed by atoms with Crippen molar-refractivity contribution in [3.8, 4) is 17.2 Å². The first-order valence-corrected chi connectivity index (χ1v) is 14.1. The minimum atomic E-state index is -0.522. The van der Waals surface area contributed by atoms with Crippen LogP contribution in [0.3, 0.4) is 0 Å². The van der Waals surface area contributed by atoms with Gasteiger partial charge in [0, 0.05) is 19.0 Å². The van der Waals surface area contributed by atoms with Crippen LogP contribution in [-0.2, 0) is 22.6 Å². The van der Waals surface area contributed by atoms with Crippen LogP contribution in [0.15, 0.2) is 42.5 Å². The maximum Gasteiger partial charge on any atom is 0.243 e. The van der Waals surface area contributed by atoms with E-state index in [2.05, 4.69) is 5.32 Å². The molecular formula is C31H44N2O5. The van der Waals surface area contributed by atoms with Crippen molar-refractivity contribution in [3.05, 3.63) is 53.6 Å². The molecule has 2 aromatic rings. The Balaban J connectivity index is 1.77. The number of carbonyl (C=O) groups is 2. The van der Waals surface area contributed by atoms with Gasteiger partial charge in [-0.3, -0.25) is 9.59 Å². The van der Waals surface area contributed by atoms with Crippen LogP contribution in [0.2, 0.25) is 0 Å². The summed E-state index contributed by atoms with van der Waals surface area (Å²) in [6.07, 6.45) is 6.92. The monoisotopic (exact) mass is 524 g/mol. The van der Waals surface area contributed by atoms with Gasteiger partial charge in [0.15, 0.2) is 11.5 Å². The summed E-state index contributed by atoms with van der Waals surface area (Å²) in [7, 11) is 1.63. The maximum atomic E-state index is 13.7. The van der Waals surface area contributed by atoms with Crippen LogP contribution in [-0.4, -0.2) is 49.1 Å². The molecule has 0 aliphatic heterocycles. The first-order valence-electron chi connectivity index (χ1n) is 14.1. The summed E-state index contributed by atoms with van der Waals surface area (Å²) in [6, 6.07) is 13.2. The van der Waals surface area contributed by atoms with Gasteiger partial charge in [-0.25, -0.2) is 0 Å². The van der Waals surface area contributed by atoms with E-state index < -0.39 is 6.04 Å². The molecule has 1 atom stereocenters. The van der Waals surface area contributed by atoms with Crippen LogP contribution in [0.4, 0.5) is 0 Å². The number of nitrogens with zero attached hydrogens (tertiary/aromatic N) is 1. The smallest absolute Gasteiger partial charge is 0.243 e. The Morgan fingerprint density at radius 1 is 0.921 bits per heavy atom. The number of rotatable bonds is 14. The molecule has 0 saturated heterocycles. The number of aryl methyl sites for hydroxylation is 1. The van der Waals surface area contributed by atoms with Crippen LogP contribution in [0.25, 0.3) is 0 Å². The Hall–Kier alpha value is -3.22. The third kappa shape index (κ3) is 8.40. The Kier molecular flexibility index (Phi) is 11.8. The number of amides is 2. The lowest BCUT2D eigenvalue weighted by atomic mass is 9.95. The fourth-order valence-electron chi connectivity index (χ4n) is 5.04. The van der Waals surface area contributed by atoms with E-state index in [0.29, 0.717) is 50.5 Å². The summed E-state index contributed by atoms with van der Waals surface area (Å²) < 4.78 is 16.7. The molecular weight excluding hydrogens is 480 g/mol. The minimum Gasteiger partial charge on any atom is -0.497 e. The van der Waals surface area contributed by atoms with Crippen molar-refractivity contribution in [2.24, 2.45) is 0 Å². The maximum absolute atomic E-state index is 13.7. The number of hydrogen-bond donors (Lipinski definition) is 1. The van der Waals surface area contributed by atoms with E-state index in [-0.39, 0.29) is 17.9 Å². The summed E-state index contributed by atoms with van der Waals surface area (Å²) >= 11 is 0. The molecule has 38 heavy (non-hydrogen) atoms. The predicted octanol–water partition coefficient (Wildman–Crippen LogP) is 5.68. The van der Waals surface area contributed by atoms with Crippen LogP contribution in [0.5, 0.6) is 17.2 Å². The number of methoxy groups -OCH3 is 1. The van der Waals surface area contributed by atoms with Gasteiger partial charge in [0.05, 0.1) is 20.3 Å². The molecule has 1 aliphatic carbocycles. The topological polar surface area (TPSA) is 77.1 Å². The Morgan fingerprint density at radius 3 is 2.21 bits per heavy atom. The number of hydrogen-bond acceptors (Lipinski definition) is 5. The summed E-state index contributed by atoms with van der Waals surface area (Å²) in [5, 5.41) is 3.24. The van der Waals surface area contributed by atoms with Crippen molar-refractivity contribution in [1.82, 2.24) is 10.2 Å². The fourth-order valence-corrected chi connectivity index (χ4v) is 5.04. The van der Waals surface area contributed by atoms with Gasteiger partial charge in [0.2, 0.25) is 11.8 Å². The van der Waals surface area contributed by atoms with Crippen LogP contribution >= 0.6 is 0 Å². The molecule has 2 aromatic carbocycles. The lowest BCUT2D eigenvalue weighted by Crippen LogP contribution is -2.51. The molecule has 0 radical (unpaired) electrons. The first-order chi connectivity index (χ1) is 18.5. The second-order valence-corrected chi connectivity index (χ2v) is 9.78. The highest BCUT2D eigenvalue weighted by Crippen LogP contribution is 2.29. The van der Waals surface area contributed by atoms with Crippen molar-refractivity contribution in [3.63, 3.8) is 0 Å². The van der Waals surface area contributed by atoms with Crippen molar-refractivity contribution in [1.29, 1.82) is 0 Å². The van der Waals surface area contributed by atoms with E-state index in [1.807, 2.05) is 63.2 Å². The van der Waals surface area contributed by atoms with Gasteiger partial charge in [-0.05, 0) is 74.9 Å².